The molecule has 0 N–H and O–H groups in total. The molecule has 0 radical (unpaired) electrons. The Morgan fingerprint density at radius 1 is 1.12 bits per heavy atom. The van der Waals surface area contributed by atoms with Crippen molar-refractivity contribution in [3.05, 3.63) is 30.1 Å². The maximum Gasteiger partial charge on any atom is 0.311 e. The van der Waals surface area contributed by atoms with Gasteiger partial charge >= 0.3 is 11.9 Å². The molecule has 1 aromatic carbocycles. The Balaban J connectivity index is 2.34. The molecule has 0 aliphatic carbocycles. The van der Waals surface area contributed by atoms with Crippen LogP contribution in [-0.4, -0.2) is 18.5 Å². The molecule has 0 spiro atoms. The van der Waals surface area contributed by atoms with Crippen molar-refractivity contribution in [1.82, 2.24) is 0 Å². The van der Waals surface area contributed by atoms with E-state index in [9.17, 15) is 14.0 Å². The van der Waals surface area contributed by atoms with Gasteiger partial charge in [0.1, 0.15) is 11.6 Å². The summed E-state index contributed by atoms with van der Waals surface area (Å²) in [6.07, 6.45) is -0.0793. The van der Waals surface area contributed by atoms with Crippen molar-refractivity contribution in [2.75, 3.05) is 6.61 Å². The maximum atomic E-state index is 12.6. The van der Waals surface area contributed by atoms with Gasteiger partial charge < -0.3 is 9.47 Å². The minimum atomic E-state index is -0.551. The number of carbonyl (C=O) groups is 2. The van der Waals surface area contributed by atoms with Crippen molar-refractivity contribution in [3.8, 4) is 5.75 Å². The molecule has 17 heavy (non-hydrogen) atoms. The van der Waals surface area contributed by atoms with Crippen LogP contribution in [0.25, 0.3) is 0 Å². The molecule has 0 amide bonds. The highest BCUT2D eigenvalue weighted by molar-refractivity contribution is 5.78. The molecule has 0 unspecified atom stereocenters. The maximum absolute atomic E-state index is 12.6. The first-order valence-corrected chi connectivity index (χ1v) is 5.23. The van der Waals surface area contributed by atoms with E-state index >= 15 is 0 Å². The fourth-order valence-corrected chi connectivity index (χ4v) is 1.12. The third-order valence-corrected chi connectivity index (χ3v) is 1.88. The molecule has 0 fully saturated rings. The van der Waals surface area contributed by atoms with E-state index < -0.39 is 17.8 Å². The Morgan fingerprint density at radius 3 is 2.29 bits per heavy atom. The largest absolute Gasteiger partial charge is 0.466 e. The van der Waals surface area contributed by atoms with Gasteiger partial charge in [0.25, 0.3) is 0 Å². The van der Waals surface area contributed by atoms with Gasteiger partial charge in [-0.2, -0.15) is 0 Å². The van der Waals surface area contributed by atoms with Crippen LogP contribution >= 0.6 is 0 Å². The zero-order valence-corrected chi connectivity index (χ0v) is 9.44. The first kappa shape index (κ1) is 13.2. The van der Waals surface area contributed by atoms with Gasteiger partial charge in [-0.15, -0.1) is 0 Å². The zero-order valence-electron chi connectivity index (χ0n) is 9.44. The van der Waals surface area contributed by atoms with Crippen molar-refractivity contribution in [2.45, 2.75) is 19.8 Å². The topological polar surface area (TPSA) is 52.6 Å². The summed E-state index contributed by atoms with van der Waals surface area (Å²) in [6, 6.07) is 5.07. The summed E-state index contributed by atoms with van der Waals surface area (Å²) in [4.78, 5) is 22.2. The summed E-state index contributed by atoms with van der Waals surface area (Å²) >= 11 is 0. The standard InChI is InChI=1S/C12H13FO4/c1-2-16-11(14)7-8-12(15)17-10-5-3-9(13)4-6-10/h3-6H,2,7-8H2,1H3. The van der Waals surface area contributed by atoms with E-state index in [2.05, 4.69) is 4.74 Å². The normalized spacial score (nSPS) is 9.76. The first-order chi connectivity index (χ1) is 8.11. The number of ether oxygens (including phenoxy) is 2. The molecule has 0 saturated carbocycles. The smallest absolute Gasteiger partial charge is 0.311 e. The van der Waals surface area contributed by atoms with Gasteiger partial charge in [-0.05, 0) is 31.2 Å². The Kier molecular flexibility index (Phi) is 5.13. The number of esters is 2. The Labute approximate surface area is 98.3 Å². The fourth-order valence-electron chi connectivity index (χ4n) is 1.12. The van der Waals surface area contributed by atoms with Gasteiger partial charge in [0.15, 0.2) is 0 Å². The van der Waals surface area contributed by atoms with Gasteiger partial charge in [0, 0.05) is 0 Å². The van der Waals surface area contributed by atoms with Crippen LogP contribution in [0, 0.1) is 5.82 Å². The van der Waals surface area contributed by atoms with Crippen LogP contribution in [-0.2, 0) is 14.3 Å². The van der Waals surface area contributed by atoms with Gasteiger partial charge in [0.2, 0.25) is 0 Å². The van der Waals surface area contributed by atoms with Crippen molar-refractivity contribution >= 4 is 11.9 Å². The number of hydrogen-bond donors (Lipinski definition) is 0. The van der Waals surface area contributed by atoms with Gasteiger partial charge in [-0.25, -0.2) is 4.39 Å². The van der Waals surface area contributed by atoms with Crippen LogP contribution in [0.15, 0.2) is 24.3 Å². The molecule has 0 aliphatic rings. The van der Waals surface area contributed by atoms with E-state index in [0.717, 1.165) is 0 Å². The predicted octanol–water partition coefficient (Wildman–Crippen LogP) is 2.07. The number of hydrogen-bond acceptors (Lipinski definition) is 4. The molecular weight excluding hydrogens is 227 g/mol. The highest BCUT2D eigenvalue weighted by atomic mass is 19.1. The first-order valence-electron chi connectivity index (χ1n) is 5.23. The third kappa shape index (κ3) is 5.10. The van der Waals surface area contributed by atoms with Crippen LogP contribution in [0.5, 0.6) is 5.75 Å². The molecule has 4 nitrogen and oxygen atoms in total. The lowest BCUT2D eigenvalue weighted by Gasteiger charge is -2.04. The fraction of sp³-hybridized carbons (Fsp3) is 0.333. The molecule has 0 atom stereocenters. The number of carbonyl (C=O) groups excluding carboxylic acids is 2. The summed E-state index contributed by atoms with van der Waals surface area (Å²) in [6.45, 7) is 1.97. The molecular formula is C12H13FO4. The minimum absolute atomic E-state index is 0.0200. The van der Waals surface area contributed by atoms with Crippen molar-refractivity contribution < 1.29 is 23.5 Å². The average Bonchev–Trinajstić information content (AvgIpc) is 2.30. The van der Waals surface area contributed by atoms with Crippen LogP contribution < -0.4 is 4.74 Å². The summed E-state index contributed by atoms with van der Waals surface area (Å²) in [5.74, 6) is -1.15. The van der Waals surface area contributed by atoms with Crippen molar-refractivity contribution in [2.24, 2.45) is 0 Å². The third-order valence-electron chi connectivity index (χ3n) is 1.88. The van der Waals surface area contributed by atoms with E-state index in [1.807, 2.05) is 0 Å². The zero-order chi connectivity index (χ0) is 12.7. The Bertz CT molecular complexity index is 386. The van der Waals surface area contributed by atoms with Crippen LogP contribution in [0.1, 0.15) is 19.8 Å². The highest BCUT2D eigenvalue weighted by Crippen LogP contribution is 2.12. The van der Waals surface area contributed by atoms with Gasteiger partial charge in [0.05, 0.1) is 19.4 Å². The van der Waals surface area contributed by atoms with E-state index in [-0.39, 0.29) is 25.2 Å². The number of rotatable bonds is 5. The Hall–Kier alpha value is -1.91. The number of halogens is 1. The molecule has 0 bridgehead atoms. The van der Waals surface area contributed by atoms with Gasteiger partial charge in [-0.3, -0.25) is 9.59 Å². The van der Waals surface area contributed by atoms with Crippen LogP contribution in [0.3, 0.4) is 0 Å². The predicted molar refractivity (Wildman–Crippen MR) is 57.9 cm³/mol. The van der Waals surface area contributed by atoms with E-state index in [0.29, 0.717) is 0 Å². The number of benzene rings is 1. The monoisotopic (exact) mass is 240 g/mol. The van der Waals surface area contributed by atoms with E-state index in [1.165, 1.54) is 24.3 Å². The molecule has 1 aromatic rings. The van der Waals surface area contributed by atoms with Crippen LogP contribution in [0.4, 0.5) is 4.39 Å². The molecule has 0 heterocycles. The molecule has 5 heteroatoms. The minimum Gasteiger partial charge on any atom is -0.466 e. The summed E-state index contributed by atoms with van der Waals surface area (Å²) in [5.41, 5.74) is 0. The van der Waals surface area contributed by atoms with E-state index in [1.54, 1.807) is 6.92 Å². The molecule has 0 saturated heterocycles. The summed E-state index contributed by atoms with van der Waals surface area (Å²) < 4.78 is 22.1. The average molecular weight is 240 g/mol. The quantitative estimate of drug-likeness (QED) is 0.584. The molecule has 0 aromatic heterocycles. The molecule has 92 valence electrons. The van der Waals surface area contributed by atoms with Crippen molar-refractivity contribution in [3.63, 3.8) is 0 Å². The lowest BCUT2D eigenvalue weighted by molar-refractivity contribution is -0.146. The summed E-state index contributed by atoms with van der Waals surface area (Å²) in [7, 11) is 0. The Morgan fingerprint density at radius 2 is 1.71 bits per heavy atom. The lowest BCUT2D eigenvalue weighted by Crippen LogP contribution is -2.12. The second-order valence-electron chi connectivity index (χ2n) is 3.23. The van der Waals surface area contributed by atoms with Gasteiger partial charge in [-0.1, -0.05) is 0 Å². The second kappa shape index (κ2) is 6.62. The molecule has 0 aliphatic heterocycles. The summed E-state index contributed by atoms with van der Waals surface area (Å²) in [5, 5.41) is 0. The second-order valence-corrected chi connectivity index (χ2v) is 3.23. The lowest BCUT2D eigenvalue weighted by atomic mass is 10.3. The molecule has 1 rings (SSSR count). The van der Waals surface area contributed by atoms with Crippen LogP contribution in [0.2, 0.25) is 0 Å². The highest BCUT2D eigenvalue weighted by Gasteiger charge is 2.09. The van der Waals surface area contributed by atoms with Crippen molar-refractivity contribution in [1.29, 1.82) is 0 Å². The van der Waals surface area contributed by atoms with E-state index in [4.69, 9.17) is 4.74 Å². The SMILES string of the molecule is CCOC(=O)CCC(=O)Oc1ccc(F)cc1.